The molecule has 0 atom stereocenters. The molecule has 7 heteroatoms. The average molecular weight is 326 g/mol. The third-order valence-electron chi connectivity index (χ3n) is 2.78. The Kier molecular flexibility index (Phi) is 5.55. The molecule has 112 valence electrons. The summed E-state index contributed by atoms with van der Waals surface area (Å²) in [6.07, 6.45) is 0. The van der Waals surface area contributed by atoms with Crippen LogP contribution in [0.1, 0.15) is 15.5 Å². The van der Waals surface area contributed by atoms with Crippen LogP contribution in [0, 0.1) is 0 Å². The number of hydrogen-bond donors (Lipinski definition) is 1. The number of nitrogens with zero attached hydrogens (tertiary/aromatic N) is 2. The van der Waals surface area contributed by atoms with Gasteiger partial charge >= 0.3 is 0 Å². The zero-order valence-corrected chi connectivity index (χ0v) is 13.2. The van der Waals surface area contributed by atoms with Gasteiger partial charge in [-0.3, -0.25) is 4.79 Å². The van der Waals surface area contributed by atoms with E-state index in [2.05, 4.69) is 4.98 Å². The van der Waals surface area contributed by atoms with Gasteiger partial charge in [0.15, 0.2) is 0 Å². The lowest BCUT2D eigenvalue weighted by molar-refractivity contribution is 0.0768. The first-order valence-corrected chi connectivity index (χ1v) is 7.64. The van der Waals surface area contributed by atoms with Gasteiger partial charge in [-0.25, -0.2) is 4.98 Å². The van der Waals surface area contributed by atoms with Crippen LogP contribution >= 0.6 is 22.9 Å². The van der Waals surface area contributed by atoms with E-state index in [4.69, 9.17) is 22.1 Å². The molecule has 0 bridgehead atoms. The van der Waals surface area contributed by atoms with Gasteiger partial charge in [-0.15, -0.1) is 11.3 Å². The Bertz CT molecular complexity index is 618. The summed E-state index contributed by atoms with van der Waals surface area (Å²) in [7, 11) is 1.71. The second-order valence-electron chi connectivity index (χ2n) is 4.36. The number of aromatic nitrogens is 1. The van der Waals surface area contributed by atoms with Crippen molar-refractivity contribution in [2.75, 3.05) is 20.2 Å². The highest BCUT2D eigenvalue weighted by Crippen LogP contribution is 2.17. The number of halogens is 1. The second kappa shape index (κ2) is 7.40. The number of amides is 1. The molecule has 0 unspecified atom stereocenters. The van der Waals surface area contributed by atoms with Gasteiger partial charge in [-0.1, -0.05) is 17.7 Å². The topological polar surface area (TPSA) is 68.5 Å². The number of carbonyl (C=O) groups excluding carboxylic acids is 1. The van der Waals surface area contributed by atoms with Crippen LogP contribution in [0.3, 0.4) is 0 Å². The molecule has 0 radical (unpaired) electrons. The van der Waals surface area contributed by atoms with Gasteiger partial charge in [0.25, 0.3) is 5.91 Å². The fourth-order valence-corrected chi connectivity index (χ4v) is 2.49. The quantitative estimate of drug-likeness (QED) is 0.885. The van der Waals surface area contributed by atoms with E-state index in [-0.39, 0.29) is 5.91 Å². The van der Waals surface area contributed by atoms with E-state index in [1.54, 1.807) is 29.5 Å². The predicted octanol–water partition coefficient (Wildman–Crippen LogP) is 2.41. The lowest BCUT2D eigenvalue weighted by Gasteiger charge is -2.16. The van der Waals surface area contributed by atoms with Crippen LogP contribution in [-0.2, 0) is 6.54 Å². The molecule has 0 fully saturated rings. The molecule has 0 aliphatic heterocycles. The molecular weight excluding hydrogens is 310 g/mol. The maximum absolute atomic E-state index is 12.1. The lowest BCUT2D eigenvalue weighted by Crippen LogP contribution is -2.31. The zero-order valence-electron chi connectivity index (χ0n) is 11.6. The molecule has 2 aromatic rings. The number of hydrogen-bond acceptors (Lipinski definition) is 5. The lowest BCUT2D eigenvalue weighted by atomic mass is 10.3. The Labute approximate surface area is 132 Å². The molecule has 1 aromatic carbocycles. The van der Waals surface area contributed by atoms with Gasteiger partial charge in [0, 0.05) is 24.0 Å². The first kappa shape index (κ1) is 15.8. The minimum atomic E-state index is -0.138. The Balaban J connectivity index is 1.84. The van der Waals surface area contributed by atoms with E-state index in [9.17, 15) is 4.79 Å². The molecule has 1 aromatic heterocycles. The van der Waals surface area contributed by atoms with Gasteiger partial charge in [-0.2, -0.15) is 0 Å². The van der Waals surface area contributed by atoms with E-state index >= 15 is 0 Å². The molecule has 0 aliphatic rings. The van der Waals surface area contributed by atoms with E-state index in [0.717, 1.165) is 5.01 Å². The molecule has 2 rings (SSSR count). The highest BCUT2D eigenvalue weighted by molar-refractivity contribution is 7.09. The minimum Gasteiger partial charge on any atom is -0.492 e. The Morgan fingerprint density at radius 2 is 2.33 bits per heavy atom. The summed E-state index contributed by atoms with van der Waals surface area (Å²) in [5.74, 6) is 0.545. The molecule has 1 amide bonds. The van der Waals surface area contributed by atoms with E-state index in [0.29, 0.717) is 36.2 Å². The van der Waals surface area contributed by atoms with Crippen molar-refractivity contribution < 1.29 is 9.53 Å². The van der Waals surface area contributed by atoms with Crippen molar-refractivity contribution in [3.8, 4) is 5.75 Å². The van der Waals surface area contributed by atoms with Crippen LogP contribution in [0.4, 0.5) is 0 Å². The minimum absolute atomic E-state index is 0.138. The monoisotopic (exact) mass is 325 g/mol. The van der Waals surface area contributed by atoms with Crippen LogP contribution in [0.2, 0.25) is 5.02 Å². The third kappa shape index (κ3) is 4.42. The summed E-state index contributed by atoms with van der Waals surface area (Å²) in [6, 6.07) is 7.15. The van der Waals surface area contributed by atoms with Crippen molar-refractivity contribution in [2.45, 2.75) is 6.54 Å². The van der Waals surface area contributed by atoms with Gasteiger partial charge in [-0.05, 0) is 18.2 Å². The number of carbonyl (C=O) groups is 1. The zero-order chi connectivity index (χ0) is 15.2. The normalized spacial score (nSPS) is 10.4. The largest absolute Gasteiger partial charge is 0.492 e. The Hall–Kier alpha value is -1.63. The van der Waals surface area contributed by atoms with Crippen molar-refractivity contribution in [1.29, 1.82) is 0 Å². The number of ether oxygens (including phenoxy) is 1. The molecule has 0 aliphatic carbocycles. The molecule has 5 nitrogen and oxygen atoms in total. The highest BCUT2D eigenvalue weighted by atomic mass is 35.5. The molecular formula is C14H16ClN3O2S. The summed E-state index contributed by atoms with van der Waals surface area (Å²) < 4.78 is 5.55. The summed E-state index contributed by atoms with van der Waals surface area (Å²) in [5.41, 5.74) is 5.91. The smallest absolute Gasteiger partial charge is 0.273 e. The predicted molar refractivity (Wildman–Crippen MR) is 83.9 cm³/mol. The van der Waals surface area contributed by atoms with E-state index < -0.39 is 0 Å². The number of rotatable bonds is 6. The number of benzene rings is 1. The van der Waals surface area contributed by atoms with Gasteiger partial charge in [0.1, 0.15) is 23.1 Å². The van der Waals surface area contributed by atoms with E-state index in [1.807, 2.05) is 12.1 Å². The standard InChI is InChI=1S/C14H16ClN3O2S/c1-18(14(19)12-9-21-13(8-16)17-12)5-6-20-11-4-2-3-10(15)7-11/h2-4,7,9H,5-6,8,16H2,1H3. The molecule has 0 saturated heterocycles. The summed E-state index contributed by atoms with van der Waals surface area (Å²) in [5, 5.41) is 3.09. The van der Waals surface area contributed by atoms with Crippen LogP contribution in [0.15, 0.2) is 29.6 Å². The average Bonchev–Trinajstić information content (AvgIpc) is 2.95. The number of nitrogens with two attached hydrogens (primary N) is 1. The second-order valence-corrected chi connectivity index (χ2v) is 5.74. The summed E-state index contributed by atoms with van der Waals surface area (Å²) >= 11 is 7.26. The third-order valence-corrected chi connectivity index (χ3v) is 3.89. The Morgan fingerprint density at radius 1 is 1.52 bits per heavy atom. The summed E-state index contributed by atoms with van der Waals surface area (Å²) in [6.45, 7) is 1.19. The van der Waals surface area contributed by atoms with Crippen LogP contribution in [-0.4, -0.2) is 36.0 Å². The Morgan fingerprint density at radius 3 is 3.00 bits per heavy atom. The molecule has 21 heavy (non-hydrogen) atoms. The SMILES string of the molecule is CN(CCOc1cccc(Cl)c1)C(=O)c1csc(CN)n1. The first-order chi connectivity index (χ1) is 10.1. The van der Waals surface area contributed by atoms with Crippen LogP contribution in [0.25, 0.3) is 0 Å². The van der Waals surface area contributed by atoms with Crippen LogP contribution in [0.5, 0.6) is 5.75 Å². The molecule has 2 N–H and O–H groups in total. The maximum atomic E-state index is 12.1. The summed E-state index contributed by atoms with van der Waals surface area (Å²) in [4.78, 5) is 17.9. The molecule has 0 spiro atoms. The first-order valence-electron chi connectivity index (χ1n) is 6.38. The van der Waals surface area contributed by atoms with Gasteiger partial charge in [0.2, 0.25) is 0 Å². The fourth-order valence-electron chi connectivity index (χ4n) is 1.66. The van der Waals surface area contributed by atoms with E-state index in [1.165, 1.54) is 11.3 Å². The van der Waals surface area contributed by atoms with Crippen molar-refractivity contribution in [2.24, 2.45) is 5.73 Å². The molecule has 1 heterocycles. The van der Waals surface area contributed by atoms with Crippen LogP contribution < -0.4 is 10.5 Å². The maximum Gasteiger partial charge on any atom is 0.273 e. The van der Waals surface area contributed by atoms with Crippen molar-refractivity contribution in [3.05, 3.63) is 45.4 Å². The highest BCUT2D eigenvalue weighted by Gasteiger charge is 2.15. The van der Waals surface area contributed by atoms with Gasteiger partial charge in [0.05, 0.1) is 6.54 Å². The molecule has 0 saturated carbocycles. The van der Waals surface area contributed by atoms with Gasteiger partial charge < -0.3 is 15.4 Å². The number of likely N-dealkylation sites (N-methyl/N-ethyl adjacent to an activating group) is 1. The fraction of sp³-hybridized carbons (Fsp3) is 0.286. The van der Waals surface area contributed by atoms with Crippen molar-refractivity contribution in [3.63, 3.8) is 0 Å². The number of thiazole rings is 1. The van der Waals surface area contributed by atoms with Crippen molar-refractivity contribution in [1.82, 2.24) is 9.88 Å². The van der Waals surface area contributed by atoms with Crippen molar-refractivity contribution >= 4 is 28.8 Å².